The molecule has 3 N–H and O–H groups in total. The number of rotatable bonds is 8. The van der Waals surface area contributed by atoms with E-state index in [1.807, 2.05) is 63.6 Å². The van der Waals surface area contributed by atoms with E-state index in [9.17, 15) is 22.8 Å². The van der Waals surface area contributed by atoms with Crippen LogP contribution in [0.15, 0.2) is 72.9 Å². The number of alkyl halides is 3. The van der Waals surface area contributed by atoms with Gasteiger partial charge in [-0.05, 0) is 79.5 Å². The van der Waals surface area contributed by atoms with E-state index in [0.29, 0.717) is 17.1 Å². The first-order chi connectivity index (χ1) is 20.9. The van der Waals surface area contributed by atoms with E-state index >= 15 is 0 Å². The number of amides is 3. The first-order valence-electron chi connectivity index (χ1n) is 14.4. The van der Waals surface area contributed by atoms with Gasteiger partial charge in [-0.15, -0.1) is 0 Å². The lowest BCUT2D eigenvalue weighted by molar-refractivity contribution is -0.137. The van der Waals surface area contributed by atoms with Gasteiger partial charge in [0.15, 0.2) is 0 Å². The number of urea groups is 1. The number of halogens is 4. The van der Waals surface area contributed by atoms with Crippen LogP contribution in [0.2, 0.25) is 5.02 Å². The van der Waals surface area contributed by atoms with Gasteiger partial charge in [0.25, 0.3) is 0 Å². The lowest BCUT2D eigenvalue weighted by Crippen LogP contribution is -2.55. The largest absolute Gasteiger partial charge is 0.416 e. The third-order valence-corrected chi connectivity index (χ3v) is 8.30. The lowest BCUT2D eigenvalue weighted by Gasteiger charge is -2.38. The fourth-order valence-electron chi connectivity index (χ4n) is 5.97. The number of hydrogen-bond acceptors (Lipinski definition) is 3. The number of H-pyrrole nitrogens is 1. The van der Waals surface area contributed by atoms with Crippen molar-refractivity contribution in [3.63, 3.8) is 0 Å². The highest BCUT2D eigenvalue weighted by atomic mass is 35.5. The van der Waals surface area contributed by atoms with Crippen LogP contribution >= 0.6 is 11.6 Å². The van der Waals surface area contributed by atoms with Gasteiger partial charge in [0.2, 0.25) is 5.91 Å². The van der Waals surface area contributed by atoms with Crippen molar-refractivity contribution in [2.45, 2.75) is 38.0 Å². The summed E-state index contributed by atoms with van der Waals surface area (Å²) >= 11 is 6.34. The number of benzene rings is 3. The Labute approximate surface area is 259 Å². The number of aromatic nitrogens is 1. The minimum atomic E-state index is -4.45. The molecule has 0 aliphatic carbocycles. The van der Waals surface area contributed by atoms with Gasteiger partial charge >= 0.3 is 12.2 Å². The molecule has 11 heteroatoms. The lowest BCUT2D eigenvalue weighted by atomic mass is 9.88. The average molecular weight is 626 g/mol. The Balaban J connectivity index is 1.43. The summed E-state index contributed by atoms with van der Waals surface area (Å²) in [6, 6.07) is 16.3. The molecule has 0 fully saturated rings. The highest BCUT2D eigenvalue weighted by Crippen LogP contribution is 2.35. The molecule has 4 aromatic rings. The number of anilines is 1. The van der Waals surface area contributed by atoms with E-state index < -0.39 is 29.7 Å². The van der Waals surface area contributed by atoms with E-state index in [2.05, 4.69) is 20.5 Å². The minimum absolute atomic E-state index is 0.0116. The van der Waals surface area contributed by atoms with Crippen molar-refractivity contribution in [2.24, 2.45) is 5.92 Å². The second-order valence-electron chi connectivity index (χ2n) is 11.6. The van der Waals surface area contributed by atoms with Gasteiger partial charge in [-0.2, -0.15) is 13.2 Å². The predicted molar refractivity (Wildman–Crippen MR) is 167 cm³/mol. The number of carbonyl (C=O) groups is 2. The van der Waals surface area contributed by atoms with Crippen LogP contribution in [0.3, 0.4) is 0 Å². The smallest absolute Gasteiger partial charge is 0.361 e. The molecule has 5 rings (SSSR count). The maximum Gasteiger partial charge on any atom is 0.416 e. The monoisotopic (exact) mass is 625 g/mol. The molecule has 0 saturated heterocycles. The maximum atomic E-state index is 14.5. The Kier molecular flexibility index (Phi) is 9.22. The van der Waals surface area contributed by atoms with Crippen molar-refractivity contribution in [2.75, 3.05) is 32.1 Å². The standard InChI is InChI=1S/C33H35ClF3N5O2/c1-20(27-17-38-28-7-5-4-6-26(27)28)30(40-32(44)39-16-21-8-10-24(11-9-21)33(35,36)37)31(43)42-19-22(18-41(2)3)14-23-15-25(34)12-13-29(23)42/h4-13,15,17,20,22,30,38H,14,16,18-19H2,1-3H3,(H2,39,40,44)/t20?,22-,30?/m1/s1. The molecule has 2 heterocycles. The van der Waals surface area contributed by atoms with Crippen LogP contribution in [0.25, 0.3) is 10.9 Å². The van der Waals surface area contributed by atoms with Crippen LogP contribution < -0.4 is 15.5 Å². The number of carbonyl (C=O) groups excluding carboxylic acids is 2. The molecule has 7 nitrogen and oxygen atoms in total. The van der Waals surface area contributed by atoms with Crippen molar-refractivity contribution in [1.29, 1.82) is 0 Å². The second kappa shape index (κ2) is 12.9. The summed E-state index contributed by atoms with van der Waals surface area (Å²) < 4.78 is 38.9. The normalized spacial score (nSPS) is 16.5. The fraction of sp³-hybridized carbons (Fsp3) is 0.333. The second-order valence-corrected chi connectivity index (χ2v) is 12.1. The van der Waals surface area contributed by atoms with Gasteiger partial charge in [0.05, 0.1) is 5.56 Å². The molecule has 2 unspecified atom stereocenters. The zero-order chi connectivity index (χ0) is 31.6. The summed E-state index contributed by atoms with van der Waals surface area (Å²) in [5, 5.41) is 7.14. The SMILES string of the molecule is CC(c1c[nH]c2ccccc12)C(NC(=O)NCc1ccc(C(F)(F)F)cc1)C(=O)N1C[C@@H](CN(C)C)Cc2cc(Cl)ccc21. The molecular weight excluding hydrogens is 591 g/mol. The molecule has 1 aliphatic rings. The maximum absolute atomic E-state index is 14.5. The van der Waals surface area contributed by atoms with Crippen molar-refractivity contribution in [3.05, 3.63) is 100 Å². The van der Waals surface area contributed by atoms with Crippen LogP contribution in [-0.4, -0.2) is 55.0 Å². The van der Waals surface area contributed by atoms with Gasteiger partial charge < -0.3 is 25.4 Å². The first-order valence-corrected chi connectivity index (χ1v) is 14.8. The number of para-hydroxylation sites is 1. The van der Waals surface area contributed by atoms with Crippen LogP contribution in [0.1, 0.15) is 35.1 Å². The molecule has 44 heavy (non-hydrogen) atoms. The fourth-order valence-corrected chi connectivity index (χ4v) is 6.16. The molecule has 0 saturated carbocycles. The summed E-state index contributed by atoms with van der Waals surface area (Å²) in [6.07, 6.45) is -1.82. The molecule has 3 aromatic carbocycles. The number of nitrogens with zero attached hydrogens (tertiary/aromatic N) is 2. The van der Waals surface area contributed by atoms with Crippen LogP contribution in [0.4, 0.5) is 23.7 Å². The Hall–Kier alpha value is -4.02. The number of aromatic amines is 1. The summed E-state index contributed by atoms with van der Waals surface area (Å²) in [6.45, 7) is 3.12. The zero-order valence-electron chi connectivity index (χ0n) is 24.7. The molecule has 3 atom stereocenters. The molecule has 0 bridgehead atoms. The van der Waals surface area contributed by atoms with E-state index in [-0.39, 0.29) is 18.4 Å². The summed E-state index contributed by atoms with van der Waals surface area (Å²) in [5.41, 5.74) is 3.25. The Morgan fingerprint density at radius 1 is 1.09 bits per heavy atom. The van der Waals surface area contributed by atoms with Crippen molar-refractivity contribution < 1.29 is 22.8 Å². The van der Waals surface area contributed by atoms with Gasteiger partial charge in [0.1, 0.15) is 6.04 Å². The number of fused-ring (bicyclic) bond motifs is 2. The predicted octanol–water partition coefficient (Wildman–Crippen LogP) is 6.58. The number of nitrogens with one attached hydrogen (secondary N) is 3. The molecule has 1 aliphatic heterocycles. The Bertz CT molecular complexity index is 1640. The third-order valence-electron chi connectivity index (χ3n) is 8.07. The van der Waals surface area contributed by atoms with Crippen molar-refractivity contribution >= 4 is 40.1 Å². The molecule has 3 amide bonds. The molecule has 0 radical (unpaired) electrons. The van der Waals surface area contributed by atoms with Crippen LogP contribution in [0, 0.1) is 5.92 Å². The molecular formula is C33H35ClF3N5O2. The summed E-state index contributed by atoms with van der Waals surface area (Å²) in [5.74, 6) is -0.544. The minimum Gasteiger partial charge on any atom is -0.361 e. The molecule has 232 valence electrons. The van der Waals surface area contributed by atoms with Crippen molar-refractivity contribution in [3.8, 4) is 0 Å². The third kappa shape index (κ3) is 7.03. The van der Waals surface area contributed by atoms with E-state index in [4.69, 9.17) is 11.6 Å². The Morgan fingerprint density at radius 2 is 1.82 bits per heavy atom. The van der Waals surface area contributed by atoms with Gasteiger partial charge in [0, 0.05) is 53.4 Å². The molecule has 1 aromatic heterocycles. The summed E-state index contributed by atoms with van der Waals surface area (Å²) in [4.78, 5) is 34.9. The first kappa shape index (κ1) is 31.4. The van der Waals surface area contributed by atoms with E-state index in [0.717, 1.165) is 52.8 Å². The quantitative estimate of drug-likeness (QED) is 0.207. The van der Waals surface area contributed by atoms with Crippen LogP contribution in [-0.2, 0) is 23.9 Å². The number of hydrogen-bond donors (Lipinski definition) is 3. The summed E-state index contributed by atoms with van der Waals surface area (Å²) in [7, 11) is 3.98. The Morgan fingerprint density at radius 3 is 2.52 bits per heavy atom. The van der Waals surface area contributed by atoms with Gasteiger partial charge in [-0.3, -0.25) is 4.79 Å². The topological polar surface area (TPSA) is 80.5 Å². The van der Waals surface area contributed by atoms with Gasteiger partial charge in [-0.1, -0.05) is 48.9 Å². The van der Waals surface area contributed by atoms with E-state index in [1.54, 1.807) is 11.0 Å². The van der Waals surface area contributed by atoms with E-state index in [1.165, 1.54) is 12.1 Å². The highest BCUT2D eigenvalue weighted by Gasteiger charge is 2.37. The van der Waals surface area contributed by atoms with Gasteiger partial charge in [-0.25, -0.2) is 4.79 Å². The van der Waals surface area contributed by atoms with Crippen molar-refractivity contribution in [1.82, 2.24) is 20.5 Å². The van der Waals surface area contributed by atoms with Crippen LogP contribution in [0.5, 0.6) is 0 Å². The highest BCUT2D eigenvalue weighted by molar-refractivity contribution is 6.30. The average Bonchev–Trinajstić information content (AvgIpc) is 3.41. The molecule has 0 spiro atoms. The zero-order valence-corrected chi connectivity index (χ0v) is 25.5.